The number of hydrogen-bond acceptors (Lipinski definition) is 1. The lowest BCUT2D eigenvalue weighted by atomic mass is 9.97. The van der Waals surface area contributed by atoms with Crippen LogP contribution >= 0.6 is 23.2 Å². The molecule has 21 heavy (non-hydrogen) atoms. The number of benzene rings is 2. The average Bonchev–Trinajstić information content (AvgIpc) is 2.97. The van der Waals surface area contributed by atoms with Crippen LogP contribution in [0.4, 0.5) is 0 Å². The first kappa shape index (κ1) is 14.2. The van der Waals surface area contributed by atoms with Crippen LogP contribution in [0.2, 0.25) is 10.0 Å². The standard InChI is InChI=1S/C17H13Cl2NO/c18-13-5-1-11(2-6-13)15-9-20-10-16(15)17(21)12-3-7-14(19)8-4-12/h1-10,17,20-21H/t17-/m1/s1. The third-order valence-electron chi connectivity index (χ3n) is 3.41. The van der Waals surface area contributed by atoms with Gasteiger partial charge in [0.15, 0.2) is 0 Å². The molecule has 2 N–H and O–H groups in total. The normalized spacial score (nSPS) is 12.3. The molecule has 4 heteroatoms. The smallest absolute Gasteiger partial charge is 0.106 e. The Morgan fingerprint density at radius 1 is 0.810 bits per heavy atom. The van der Waals surface area contributed by atoms with Gasteiger partial charge in [0.05, 0.1) is 0 Å². The molecule has 2 nitrogen and oxygen atoms in total. The van der Waals surface area contributed by atoms with E-state index in [1.807, 2.05) is 48.8 Å². The summed E-state index contributed by atoms with van der Waals surface area (Å²) < 4.78 is 0. The molecule has 0 saturated carbocycles. The van der Waals surface area contributed by atoms with Crippen LogP contribution in [0.25, 0.3) is 11.1 Å². The summed E-state index contributed by atoms with van der Waals surface area (Å²) in [6.07, 6.45) is 2.97. The van der Waals surface area contributed by atoms with Crippen LogP contribution in [-0.2, 0) is 0 Å². The Bertz CT molecular complexity index is 732. The average molecular weight is 318 g/mol. The molecule has 3 aromatic rings. The molecule has 0 radical (unpaired) electrons. The van der Waals surface area contributed by atoms with Crippen molar-refractivity contribution in [1.29, 1.82) is 0 Å². The van der Waals surface area contributed by atoms with E-state index in [0.717, 1.165) is 22.3 Å². The summed E-state index contributed by atoms with van der Waals surface area (Å²) in [5, 5.41) is 11.9. The second-order valence-corrected chi connectivity index (χ2v) is 5.66. The Balaban J connectivity index is 1.98. The van der Waals surface area contributed by atoms with Crippen LogP contribution in [0.15, 0.2) is 60.9 Å². The summed E-state index contributed by atoms with van der Waals surface area (Å²) in [6, 6.07) is 14.7. The largest absolute Gasteiger partial charge is 0.384 e. The van der Waals surface area contributed by atoms with E-state index in [4.69, 9.17) is 23.2 Å². The Morgan fingerprint density at radius 2 is 1.38 bits per heavy atom. The molecule has 1 heterocycles. The van der Waals surface area contributed by atoms with Crippen LogP contribution < -0.4 is 0 Å². The lowest BCUT2D eigenvalue weighted by Gasteiger charge is -2.12. The second-order valence-electron chi connectivity index (χ2n) is 4.79. The van der Waals surface area contributed by atoms with E-state index in [9.17, 15) is 5.11 Å². The summed E-state index contributed by atoms with van der Waals surface area (Å²) in [5.74, 6) is 0. The van der Waals surface area contributed by atoms with Crippen molar-refractivity contribution in [3.63, 3.8) is 0 Å². The van der Waals surface area contributed by atoms with E-state index < -0.39 is 6.10 Å². The van der Waals surface area contributed by atoms with Gasteiger partial charge in [0.25, 0.3) is 0 Å². The quantitative estimate of drug-likeness (QED) is 0.695. The number of H-pyrrole nitrogens is 1. The number of nitrogens with one attached hydrogen (secondary N) is 1. The molecule has 2 aromatic carbocycles. The molecule has 0 bridgehead atoms. The Morgan fingerprint density at radius 3 is 2.00 bits per heavy atom. The molecule has 0 amide bonds. The first-order chi connectivity index (χ1) is 10.1. The molecule has 0 aliphatic rings. The highest BCUT2D eigenvalue weighted by Gasteiger charge is 2.16. The van der Waals surface area contributed by atoms with E-state index in [0.29, 0.717) is 10.0 Å². The molecule has 106 valence electrons. The van der Waals surface area contributed by atoms with Crippen molar-refractivity contribution in [2.24, 2.45) is 0 Å². The molecule has 0 saturated heterocycles. The highest BCUT2D eigenvalue weighted by molar-refractivity contribution is 6.30. The first-order valence-electron chi connectivity index (χ1n) is 6.51. The lowest BCUT2D eigenvalue weighted by Crippen LogP contribution is -1.99. The maximum atomic E-state index is 10.6. The summed E-state index contributed by atoms with van der Waals surface area (Å²) in [5.41, 5.74) is 3.58. The van der Waals surface area contributed by atoms with E-state index in [1.165, 1.54) is 0 Å². The van der Waals surface area contributed by atoms with Gasteiger partial charge in [-0.05, 0) is 35.4 Å². The summed E-state index contributed by atoms with van der Waals surface area (Å²) >= 11 is 11.8. The highest BCUT2D eigenvalue weighted by Crippen LogP contribution is 2.32. The summed E-state index contributed by atoms with van der Waals surface area (Å²) in [6.45, 7) is 0. The molecular formula is C17H13Cl2NO. The first-order valence-corrected chi connectivity index (χ1v) is 7.27. The minimum absolute atomic E-state index is 0.651. The van der Waals surface area contributed by atoms with Crippen molar-refractivity contribution in [2.45, 2.75) is 6.10 Å². The van der Waals surface area contributed by atoms with Crippen molar-refractivity contribution >= 4 is 23.2 Å². The van der Waals surface area contributed by atoms with Crippen LogP contribution in [0.3, 0.4) is 0 Å². The lowest BCUT2D eigenvalue weighted by molar-refractivity contribution is 0.221. The van der Waals surface area contributed by atoms with Gasteiger partial charge in [-0.25, -0.2) is 0 Å². The third kappa shape index (κ3) is 2.98. The number of rotatable bonds is 3. The van der Waals surface area contributed by atoms with Gasteiger partial charge in [-0.2, -0.15) is 0 Å². The van der Waals surface area contributed by atoms with Crippen molar-refractivity contribution < 1.29 is 5.11 Å². The molecular weight excluding hydrogens is 305 g/mol. The molecule has 0 aliphatic carbocycles. The van der Waals surface area contributed by atoms with Gasteiger partial charge >= 0.3 is 0 Å². The predicted octanol–water partition coefficient (Wildman–Crippen LogP) is 5.07. The monoisotopic (exact) mass is 317 g/mol. The number of halogens is 2. The van der Waals surface area contributed by atoms with Crippen molar-refractivity contribution in [2.75, 3.05) is 0 Å². The zero-order valence-electron chi connectivity index (χ0n) is 11.1. The third-order valence-corrected chi connectivity index (χ3v) is 3.92. The van der Waals surface area contributed by atoms with Crippen molar-refractivity contribution in [1.82, 2.24) is 4.98 Å². The van der Waals surface area contributed by atoms with Gasteiger partial charge in [0.2, 0.25) is 0 Å². The Kier molecular flexibility index (Phi) is 4.02. The number of aliphatic hydroxyl groups is 1. The summed E-state index contributed by atoms with van der Waals surface area (Å²) in [7, 11) is 0. The van der Waals surface area contributed by atoms with E-state index in [-0.39, 0.29) is 0 Å². The van der Waals surface area contributed by atoms with E-state index in [2.05, 4.69) is 4.98 Å². The number of hydrogen-bond donors (Lipinski definition) is 2. The maximum absolute atomic E-state index is 10.6. The maximum Gasteiger partial charge on any atom is 0.106 e. The number of aromatic amines is 1. The van der Waals surface area contributed by atoms with Gasteiger partial charge in [-0.1, -0.05) is 47.5 Å². The zero-order valence-corrected chi connectivity index (χ0v) is 12.6. The molecule has 3 rings (SSSR count). The second kappa shape index (κ2) is 5.94. The zero-order chi connectivity index (χ0) is 14.8. The van der Waals surface area contributed by atoms with E-state index in [1.54, 1.807) is 12.1 Å². The minimum atomic E-state index is -0.709. The number of aliphatic hydroxyl groups excluding tert-OH is 1. The molecule has 0 unspecified atom stereocenters. The SMILES string of the molecule is O[C@H](c1ccc(Cl)cc1)c1c[nH]cc1-c1ccc(Cl)cc1. The Hall–Kier alpha value is -1.74. The molecule has 0 fully saturated rings. The number of aromatic nitrogens is 1. The molecule has 0 aliphatic heterocycles. The van der Waals surface area contributed by atoms with Crippen LogP contribution in [0.1, 0.15) is 17.2 Å². The van der Waals surface area contributed by atoms with Gasteiger partial charge in [-0.3, -0.25) is 0 Å². The molecule has 0 spiro atoms. The molecule has 1 aromatic heterocycles. The van der Waals surface area contributed by atoms with Gasteiger partial charge in [-0.15, -0.1) is 0 Å². The fourth-order valence-corrected chi connectivity index (χ4v) is 2.56. The fourth-order valence-electron chi connectivity index (χ4n) is 2.31. The molecule has 1 atom stereocenters. The Labute approximate surface area is 133 Å². The highest BCUT2D eigenvalue weighted by atomic mass is 35.5. The van der Waals surface area contributed by atoms with Gasteiger partial charge in [0.1, 0.15) is 6.10 Å². The van der Waals surface area contributed by atoms with Crippen molar-refractivity contribution in [3.8, 4) is 11.1 Å². The minimum Gasteiger partial charge on any atom is -0.384 e. The van der Waals surface area contributed by atoms with E-state index >= 15 is 0 Å². The van der Waals surface area contributed by atoms with Crippen LogP contribution in [0.5, 0.6) is 0 Å². The predicted molar refractivity (Wildman–Crippen MR) is 86.8 cm³/mol. The topological polar surface area (TPSA) is 36.0 Å². The van der Waals surface area contributed by atoms with Crippen molar-refractivity contribution in [3.05, 3.63) is 82.1 Å². The van der Waals surface area contributed by atoms with Crippen LogP contribution in [0, 0.1) is 0 Å². The fraction of sp³-hybridized carbons (Fsp3) is 0.0588. The summed E-state index contributed by atoms with van der Waals surface area (Å²) in [4.78, 5) is 3.05. The van der Waals surface area contributed by atoms with Gasteiger partial charge in [0, 0.05) is 33.6 Å². The van der Waals surface area contributed by atoms with Crippen LogP contribution in [-0.4, -0.2) is 10.1 Å². The van der Waals surface area contributed by atoms with Gasteiger partial charge < -0.3 is 10.1 Å².